The van der Waals surface area contributed by atoms with Gasteiger partial charge in [-0.25, -0.2) is 9.67 Å². The van der Waals surface area contributed by atoms with E-state index in [4.69, 9.17) is 0 Å². The zero-order valence-corrected chi connectivity index (χ0v) is 11.7. The summed E-state index contributed by atoms with van der Waals surface area (Å²) in [7, 11) is 1.74. The fourth-order valence-electron chi connectivity index (χ4n) is 1.81. The number of aryl methyl sites for hydroxylation is 1. The second-order valence-electron chi connectivity index (χ2n) is 4.22. The third-order valence-electron chi connectivity index (χ3n) is 2.75. The van der Waals surface area contributed by atoms with E-state index in [1.165, 1.54) is 17.3 Å². The van der Waals surface area contributed by atoms with Crippen molar-refractivity contribution in [3.05, 3.63) is 18.9 Å². The number of anilines is 1. The van der Waals surface area contributed by atoms with Crippen LogP contribution < -0.4 is 5.32 Å². The number of rotatable bonds is 5. The molecule has 1 N–H and O–H groups in total. The normalized spacial score (nSPS) is 10.8. The first-order valence-electron chi connectivity index (χ1n) is 6.49. The average Bonchev–Trinajstić information content (AvgIpc) is 3.18. The van der Waals surface area contributed by atoms with Gasteiger partial charge in [-0.15, -0.1) is 5.10 Å². The van der Waals surface area contributed by atoms with Crippen molar-refractivity contribution >= 4 is 5.95 Å². The zero-order chi connectivity index (χ0) is 14.7. The van der Waals surface area contributed by atoms with E-state index in [2.05, 4.69) is 47.6 Å². The van der Waals surface area contributed by atoms with Gasteiger partial charge >= 0.3 is 0 Å². The Labute approximate surface area is 120 Å². The van der Waals surface area contributed by atoms with Crippen LogP contribution in [0.1, 0.15) is 13.3 Å². The predicted octanol–water partition coefficient (Wildman–Crippen LogP) is 0.162. The van der Waals surface area contributed by atoms with Crippen LogP contribution in [0.2, 0.25) is 0 Å². The Hall–Kier alpha value is -2.91. The lowest BCUT2D eigenvalue weighted by Crippen LogP contribution is -2.10. The molecule has 0 aliphatic rings. The Morgan fingerprint density at radius 1 is 1.24 bits per heavy atom. The molecule has 0 radical (unpaired) electrons. The summed E-state index contributed by atoms with van der Waals surface area (Å²) in [6.45, 7) is 2.81. The molecule has 0 aliphatic heterocycles. The maximum absolute atomic E-state index is 4.41. The van der Waals surface area contributed by atoms with Gasteiger partial charge in [-0.1, -0.05) is 12.1 Å². The van der Waals surface area contributed by atoms with E-state index in [0.717, 1.165) is 18.7 Å². The summed E-state index contributed by atoms with van der Waals surface area (Å²) >= 11 is 0. The molecule has 0 saturated carbocycles. The first-order chi connectivity index (χ1) is 10.3. The summed E-state index contributed by atoms with van der Waals surface area (Å²) in [4.78, 5) is 16.9. The molecule has 0 aliphatic carbocycles. The van der Waals surface area contributed by atoms with Crippen molar-refractivity contribution in [3.8, 4) is 17.5 Å². The zero-order valence-electron chi connectivity index (χ0n) is 11.7. The highest BCUT2D eigenvalue weighted by molar-refractivity contribution is 5.50. The molecule has 10 heteroatoms. The van der Waals surface area contributed by atoms with Crippen molar-refractivity contribution in [1.29, 1.82) is 0 Å². The second kappa shape index (κ2) is 5.61. The van der Waals surface area contributed by atoms with Crippen LogP contribution >= 0.6 is 0 Å². The van der Waals surface area contributed by atoms with Crippen molar-refractivity contribution in [3.63, 3.8) is 0 Å². The van der Waals surface area contributed by atoms with Crippen LogP contribution in [0.25, 0.3) is 17.5 Å². The summed E-state index contributed by atoms with van der Waals surface area (Å²) in [6, 6.07) is 0. The molecule has 0 spiro atoms. The molecule has 0 saturated heterocycles. The Bertz CT molecular complexity index is 716. The van der Waals surface area contributed by atoms with Gasteiger partial charge in [-0.05, 0) is 6.42 Å². The third-order valence-corrected chi connectivity index (χ3v) is 2.75. The third kappa shape index (κ3) is 2.55. The first-order valence-corrected chi connectivity index (χ1v) is 6.49. The van der Waals surface area contributed by atoms with Crippen molar-refractivity contribution < 1.29 is 0 Å². The van der Waals surface area contributed by atoms with E-state index in [0.29, 0.717) is 17.7 Å². The van der Waals surface area contributed by atoms with Gasteiger partial charge in [0, 0.05) is 13.6 Å². The Balaban J connectivity index is 2.09. The molecule has 108 valence electrons. The molecule has 0 atom stereocenters. The fraction of sp³-hybridized carbons (Fsp3) is 0.364. The van der Waals surface area contributed by atoms with E-state index >= 15 is 0 Å². The van der Waals surface area contributed by atoms with Gasteiger partial charge in [0.1, 0.15) is 18.3 Å². The summed E-state index contributed by atoms with van der Waals surface area (Å²) in [5.41, 5.74) is 0.733. The van der Waals surface area contributed by atoms with Gasteiger partial charge in [0.05, 0.1) is 6.20 Å². The van der Waals surface area contributed by atoms with Gasteiger partial charge in [0.2, 0.25) is 5.95 Å². The van der Waals surface area contributed by atoms with Crippen LogP contribution in [0.3, 0.4) is 0 Å². The quantitative estimate of drug-likeness (QED) is 0.706. The van der Waals surface area contributed by atoms with Gasteiger partial charge in [0.15, 0.2) is 5.82 Å². The van der Waals surface area contributed by atoms with Crippen molar-refractivity contribution in [2.75, 3.05) is 12.4 Å². The van der Waals surface area contributed by atoms with Crippen molar-refractivity contribution in [2.24, 2.45) is 0 Å². The van der Waals surface area contributed by atoms with Crippen LogP contribution in [-0.4, -0.2) is 51.8 Å². The monoisotopic (exact) mass is 286 g/mol. The van der Waals surface area contributed by atoms with E-state index in [1.54, 1.807) is 17.9 Å². The number of hydrogen-bond donors (Lipinski definition) is 1. The highest BCUT2D eigenvalue weighted by Crippen LogP contribution is 2.16. The fourth-order valence-corrected chi connectivity index (χ4v) is 1.81. The molecule has 0 bridgehead atoms. The summed E-state index contributed by atoms with van der Waals surface area (Å²) in [5.74, 6) is 1.30. The van der Waals surface area contributed by atoms with Gasteiger partial charge in [0.25, 0.3) is 5.95 Å². The summed E-state index contributed by atoms with van der Waals surface area (Å²) < 4.78 is 3.24. The van der Waals surface area contributed by atoms with Gasteiger partial charge in [-0.2, -0.15) is 24.7 Å². The van der Waals surface area contributed by atoms with Gasteiger partial charge in [-0.3, -0.25) is 0 Å². The van der Waals surface area contributed by atoms with Crippen molar-refractivity contribution in [1.82, 2.24) is 44.7 Å². The molecule has 0 aromatic carbocycles. The molecule has 0 amide bonds. The van der Waals surface area contributed by atoms with Crippen LogP contribution in [0.5, 0.6) is 0 Å². The molecule has 0 unspecified atom stereocenters. The standard InChI is InChI=1S/C11H14N10/c1-3-4-20-8(5-14-19-20)9-16-10(12-2)18-11(17-9)21-7-13-6-15-21/h5-7H,3-4H2,1-2H3,(H,12,16,17,18). The van der Waals surface area contributed by atoms with Crippen molar-refractivity contribution in [2.45, 2.75) is 19.9 Å². The second-order valence-corrected chi connectivity index (χ2v) is 4.22. The Kier molecular flexibility index (Phi) is 3.50. The molecule has 3 rings (SSSR count). The minimum absolute atomic E-state index is 0.381. The molecule has 10 nitrogen and oxygen atoms in total. The minimum atomic E-state index is 0.381. The lowest BCUT2D eigenvalue weighted by molar-refractivity contribution is 0.582. The largest absolute Gasteiger partial charge is 0.357 e. The van der Waals surface area contributed by atoms with Gasteiger partial charge < -0.3 is 5.32 Å². The van der Waals surface area contributed by atoms with Crippen LogP contribution in [0, 0.1) is 0 Å². The average molecular weight is 286 g/mol. The summed E-state index contributed by atoms with van der Waals surface area (Å²) in [6.07, 6.45) is 5.53. The Morgan fingerprint density at radius 3 is 2.86 bits per heavy atom. The number of nitrogens with one attached hydrogen (secondary N) is 1. The number of hydrogen-bond acceptors (Lipinski definition) is 8. The molecule has 21 heavy (non-hydrogen) atoms. The molecule has 3 aromatic rings. The smallest absolute Gasteiger partial charge is 0.257 e. The van der Waals surface area contributed by atoms with E-state index in [9.17, 15) is 0 Å². The highest BCUT2D eigenvalue weighted by Gasteiger charge is 2.14. The molecule has 3 aromatic heterocycles. The topological polar surface area (TPSA) is 112 Å². The molecule has 3 heterocycles. The van der Waals surface area contributed by atoms with E-state index in [1.807, 2.05) is 0 Å². The lowest BCUT2D eigenvalue weighted by atomic mass is 10.4. The number of aromatic nitrogens is 9. The molecule has 0 fully saturated rings. The maximum atomic E-state index is 4.41. The van der Waals surface area contributed by atoms with E-state index in [-0.39, 0.29) is 0 Å². The number of nitrogens with zero attached hydrogens (tertiary/aromatic N) is 9. The molecular formula is C11H14N10. The molecular weight excluding hydrogens is 272 g/mol. The van der Waals surface area contributed by atoms with Crippen LogP contribution in [0.15, 0.2) is 18.9 Å². The predicted molar refractivity (Wildman–Crippen MR) is 73.6 cm³/mol. The van der Waals surface area contributed by atoms with E-state index < -0.39 is 0 Å². The van der Waals surface area contributed by atoms with Crippen LogP contribution in [0.4, 0.5) is 5.95 Å². The highest BCUT2D eigenvalue weighted by atomic mass is 15.4. The Morgan fingerprint density at radius 2 is 2.14 bits per heavy atom. The van der Waals surface area contributed by atoms with Crippen LogP contribution in [-0.2, 0) is 6.54 Å². The SMILES string of the molecule is CCCn1nncc1-c1nc(NC)nc(-n2cncn2)n1. The summed E-state index contributed by atoms with van der Waals surface area (Å²) in [5, 5.41) is 14.9. The maximum Gasteiger partial charge on any atom is 0.257 e. The lowest BCUT2D eigenvalue weighted by Gasteiger charge is -2.07. The minimum Gasteiger partial charge on any atom is -0.357 e. The first kappa shape index (κ1) is 13.1.